The minimum atomic E-state index is 0.141. The van der Waals surface area contributed by atoms with E-state index in [2.05, 4.69) is 44.7 Å². The van der Waals surface area contributed by atoms with Crippen LogP contribution in [0.25, 0.3) is 0 Å². The molecule has 114 valence electrons. The molecule has 2 saturated heterocycles. The van der Waals surface area contributed by atoms with Crippen molar-refractivity contribution in [3.8, 4) is 0 Å². The van der Waals surface area contributed by atoms with E-state index in [0.29, 0.717) is 6.04 Å². The van der Waals surface area contributed by atoms with Gasteiger partial charge in [0.15, 0.2) is 0 Å². The summed E-state index contributed by atoms with van der Waals surface area (Å²) in [7, 11) is 0. The van der Waals surface area contributed by atoms with Gasteiger partial charge in [-0.1, -0.05) is 6.08 Å². The molecule has 2 aliphatic rings. The molecule has 0 saturated carbocycles. The fraction of sp³-hybridized carbons (Fsp3) is 0.786. The average molecular weight is 393 g/mol. The van der Waals surface area contributed by atoms with Gasteiger partial charge in [-0.15, -0.1) is 0 Å². The molecule has 0 radical (unpaired) electrons. The van der Waals surface area contributed by atoms with Crippen LogP contribution in [0.15, 0.2) is 12.2 Å². The highest BCUT2D eigenvalue weighted by molar-refractivity contribution is 14.1. The van der Waals surface area contributed by atoms with E-state index in [0.717, 1.165) is 45.9 Å². The molecular formula is C14H24IN3O2. The Morgan fingerprint density at radius 3 is 2.65 bits per heavy atom. The van der Waals surface area contributed by atoms with Crippen molar-refractivity contribution >= 4 is 28.8 Å². The fourth-order valence-corrected chi connectivity index (χ4v) is 3.32. The molecule has 20 heavy (non-hydrogen) atoms. The van der Waals surface area contributed by atoms with Gasteiger partial charge in [0.1, 0.15) is 0 Å². The van der Waals surface area contributed by atoms with Crippen LogP contribution in [0.1, 0.15) is 13.8 Å². The molecule has 2 rings (SSSR count). The standard InChI is InChI=1S/C14H24IN3O2/c1-12-11-18(15)13(2)10-17(12)14(19)4-3-5-16-6-8-20-9-7-16/h3-4,12-13H,5-11H2,1-2H3/b4-3+. The van der Waals surface area contributed by atoms with Crippen LogP contribution in [-0.2, 0) is 9.53 Å². The van der Waals surface area contributed by atoms with E-state index < -0.39 is 0 Å². The van der Waals surface area contributed by atoms with Crippen molar-refractivity contribution in [3.05, 3.63) is 12.2 Å². The molecule has 0 aromatic rings. The zero-order valence-corrected chi connectivity index (χ0v) is 14.5. The number of carbonyl (C=O) groups excluding carboxylic acids is 1. The summed E-state index contributed by atoms with van der Waals surface area (Å²) in [6, 6.07) is 0.701. The third kappa shape index (κ3) is 4.41. The number of morpholine rings is 1. The lowest BCUT2D eigenvalue weighted by Gasteiger charge is -2.40. The summed E-state index contributed by atoms with van der Waals surface area (Å²) in [6.07, 6.45) is 3.73. The van der Waals surface area contributed by atoms with Gasteiger partial charge < -0.3 is 9.64 Å². The Labute approximate surface area is 135 Å². The van der Waals surface area contributed by atoms with Gasteiger partial charge in [-0.05, 0) is 13.8 Å². The molecule has 0 spiro atoms. The molecule has 5 nitrogen and oxygen atoms in total. The van der Waals surface area contributed by atoms with Gasteiger partial charge in [-0.3, -0.25) is 9.69 Å². The van der Waals surface area contributed by atoms with Crippen molar-refractivity contribution in [1.82, 2.24) is 12.9 Å². The number of amides is 1. The third-order valence-corrected chi connectivity index (χ3v) is 5.27. The average Bonchev–Trinajstić information content (AvgIpc) is 2.44. The molecule has 6 heteroatoms. The highest BCUT2D eigenvalue weighted by Crippen LogP contribution is 2.18. The molecule has 1 amide bonds. The quantitative estimate of drug-likeness (QED) is 0.410. The van der Waals surface area contributed by atoms with E-state index in [1.807, 2.05) is 11.0 Å². The largest absolute Gasteiger partial charge is 0.379 e. The second-order valence-electron chi connectivity index (χ2n) is 5.59. The van der Waals surface area contributed by atoms with Crippen LogP contribution < -0.4 is 0 Å². The minimum absolute atomic E-state index is 0.141. The topological polar surface area (TPSA) is 36.0 Å². The Kier molecular flexibility index (Phi) is 6.25. The third-order valence-electron chi connectivity index (χ3n) is 3.92. The molecule has 0 bridgehead atoms. The van der Waals surface area contributed by atoms with Crippen molar-refractivity contribution < 1.29 is 9.53 Å². The van der Waals surface area contributed by atoms with Crippen LogP contribution in [0.2, 0.25) is 0 Å². The number of halogens is 1. The maximum atomic E-state index is 12.3. The Balaban J connectivity index is 1.81. The van der Waals surface area contributed by atoms with Crippen LogP contribution in [0.3, 0.4) is 0 Å². The molecule has 0 aliphatic carbocycles. The van der Waals surface area contributed by atoms with Gasteiger partial charge in [0.2, 0.25) is 5.91 Å². The van der Waals surface area contributed by atoms with Crippen LogP contribution in [0, 0.1) is 0 Å². The molecule has 0 aromatic carbocycles. The number of piperazine rings is 1. The molecule has 2 fully saturated rings. The first-order valence-electron chi connectivity index (χ1n) is 7.27. The molecule has 2 atom stereocenters. The van der Waals surface area contributed by atoms with Gasteiger partial charge in [0.05, 0.1) is 13.2 Å². The Morgan fingerprint density at radius 1 is 1.25 bits per heavy atom. The van der Waals surface area contributed by atoms with Gasteiger partial charge in [-0.2, -0.15) is 0 Å². The first kappa shape index (κ1) is 16.2. The Bertz CT molecular complexity index is 358. The summed E-state index contributed by atoms with van der Waals surface area (Å²) >= 11 is 2.35. The summed E-state index contributed by atoms with van der Waals surface area (Å²) < 4.78 is 7.59. The Hall–Kier alpha value is -0.180. The number of hydrogen-bond donors (Lipinski definition) is 0. The number of carbonyl (C=O) groups is 1. The lowest BCUT2D eigenvalue weighted by Crippen LogP contribution is -2.54. The number of ether oxygens (including phenoxy) is 1. The summed E-state index contributed by atoms with van der Waals surface area (Å²) in [5.41, 5.74) is 0. The van der Waals surface area contributed by atoms with Gasteiger partial charge in [0, 0.05) is 73.7 Å². The highest BCUT2D eigenvalue weighted by atomic mass is 127. The van der Waals surface area contributed by atoms with Crippen molar-refractivity contribution in [2.45, 2.75) is 25.9 Å². The molecule has 0 aromatic heterocycles. The predicted octanol–water partition coefficient (Wildman–Crippen LogP) is 1.15. The van der Waals surface area contributed by atoms with Crippen molar-refractivity contribution in [2.75, 3.05) is 45.9 Å². The maximum absolute atomic E-state index is 12.3. The second kappa shape index (κ2) is 7.72. The molecule has 0 N–H and O–H groups in total. The van der Waals surface area contributed by atoms with Crippen LogP contribution >= 0.6 is 22.9 Å². The lowest BCUT2D eigenvalue weighted by molar-refractivity contribution is -0.130. The smallest absolute Gasteiger partial charge is 0.246 e. The first-order chi connectivity index (χ1) is 9.58. The number of hydrogen-bond acceptors (Lipinski definition) is 4. The first-order valence-corrected chi connectivity index (χ1v) is 8.24. The zero-order chi connectivity index (χ0) is 14.5. The van der Waals surface area contributed by atoms with E-state index in [4.69, 9.17) is 4.74 Å². The zero-order valence-electron chi connectivity index (χ0n) is 12.3. The highest BCUT2D eigenvalue weighted by Gasteiger charge is 2.29. The summed E-state index contributed by atoms with van der Waals surface area (Å²) in [4.78, 5) is 16.6. The molecular weight excluding hydrogens is 369 g/mol. The normalized spacial score (nSPS) is 30.1. The van der Waals surface area contributed by atoms with Crippen molar-refractivity contribution in [1.29, 1.82) is 0 Å². The van der Waals surface area contributed by atoms with Gasteiger partial charge in [0.25, 0.3) is 0 Å². The van der Waals surface area contributed by atoms with Crippen molar-refractivity contribution in [2.24, 2.45) is 0 Å². The van der Waals surface area contributed by atoms with E-state index in [9.17, 15) is 4.79 Å². The summed E-state index contributed by atoms with van der Waals surface area (Å²) in [5.74, 6) is 0.141. The summed E-state index contributed by atoms with van der Waals surface area (Å²) in [5, 5.41) is 0. The van der Waals surface area contributed by atoms with E-state index in [1.54, 1.807) is 6.08 Å². The number of nitrogens with zero attached hydrogens (tertiary/aromatic N) is 3. The van der Waals surface area contributed by atoms with Crippen LogP contribution in [-0.4, -0.2) is 76.8 Å². The van der Waals surface area contributed by atoms with Crippen LogP contribution in [0.4, 0.5) is 0 Å². The van der Waals surface area contributed by atoms with Gasteiger partial charge >= 0.3 is 0 Å². The maximum Gasteiger partial charge on any atom is 0.246 e. The molecule has 2 heterocycles. The predicted molar refractivity (Wildman–Crippen MR) is 87.8 cm³/mol. The van der Waals surface area contributed by atoms with Crippen LogP contribution in [0.5, 0.6) is 0 Å². The number of rotatable bonds is 3. The fourth-order valence-electron chi connectivity index (χ4n) is 2.57. The minimum Gasteiger partial charge on any atom is -0.379 e. The van der Waals surface area contributed by atoms with Crippen molar-refractivity contribution in [3.63, 3.8) is 0 Å². The van der Waals surface area contributed by atoms with E-state index >= 15 is 0 Å². The monoisotopic (exact) mass is 393 g/mol. The summed E-state index contributed by atoms with van der Waals surface area (Å²) in [6.45, 7) is 10.4. The molecule has 2 aliphatic heterocycles. The molecule has 2 unspecified atom stereocenters. The van der Waals surface area contributed by atoms with E-state index in [-0.39, 0.29) is 11.9 Å². The van der Waals surface area contributed by atoms with Gasteiger partial charge in [-0.25, -0.2) is 3.11 Å². The van der Waals surface area contributed by atoms with E-state index in [1.165, 1.54) is 0 Å². The second-order valence-corrected chi connectivity index (χ2v) is 6.83. The Morgan fingerprint density at radius 2 is 1.95 bits per heavy atom. The SMILES string of the molecule is CC1CN(C(=O)/C=C/CN2CCOCC2)C(C)CN1I. The lowest BCUT2D eigenvalue weighted by atomic mass is 10.1.